The van der Waals surface area contributed by atoms with Crippen molar-refractivity contribution < 1.29 is 51.4 Å². The molecule has 0 aromatic rings. The number of nitroso groups, excluding NO2 is 1. The van der Waals surface area contributed by atoms with Gasteiger partial charge in [0, 0.05) is 0 Å². The molecule has 0 aliphatic rings. The fourth-order valence-electron chi connectivity index (χ4n) is 0.0658. The summed E-state index contributed by atoms with van der Waals surface area (Å²) < 4.78 is 0. The van der Waals surface area contributed by atoms with Crippen molar-refractivity contribution >= 4 is 0 Å². The molecule has 0 N–H and O–H groups in total. The molecule has 0 bridgehead atoms. The third-order valence-corrected chi connectivity index (χ3v) is 0.303. The first kappa shape index (κ1) is 11.0. The molecule has 0 amide bonds. The second kappa shape index (κ2) is 7.09. The van der Waals surface area contributed by atoms with Crippen molar-refractivity contribution in [3.8, 4) is 12.1 Å². The summed E-state index contributed by atoms with van der Waals surface area (Å²) in [6, 6.07) is 1.92. The smallest absolute Gasteiger partial charge is 0.231 e. The summed E-state index contributed by atoms with van der Waals surface area (Å²) in [5.41, 5.74) is 0. The number of rotatable bonds is 1. The van der Waals surface area contributed by atoms with Crippen LogP contribution in [0.5, 0.6) is 0 Å². The zero-order chi connectivity index (χ0) is 5.70. The van der Waals surface area contributed by atoms with Gasteiger partial charge in [-0.3, -0.25) is 0 Å². The topological polar surface area (TPSA) is 77.0 Å². The molecule has 0 aliphatic heterocycles. The molecule has 4 nitrogen and oxygen atoms in total. The number of nitriles is 2. The Kier molecular flexibility index (Phi) is 9.71. The quantitative estimate of drug-likeness (QED) is 0.222. The van der Waals surface area contributed by atoms with Gasteiger partial charge >= 0.3 is 51.4 Å². The van der Waals surface area contributed by atoms with Gasteiger partial charge in [0.2, 0.25) is 0 Å². The van der Waals surface area contributed by atoms with Gasteiger partial charge in [0.15, 0.2) is 0 Å². The predicted octanol–water partition coefficient (Wildman–Crippen LogP) is -2.66. The Morgan fingerprint density at radius 3 is 1.75 bits per heavy atom. The predicted molar refractivity (Wildman–Crippen MR) is 20.3 cm³/mol. The Hall–Kier alpha value is 0.0864. The molecule has 5 heteroatoms. The van der Waals surface area contributed by atoms with Crippen LogP contribution in [0.4, 0.5) is 0 Å². The molecule has 0 aliphatic carbocycles. The van der Waals surface area contributed by atoms with E-state index in [9.17, 15) is 4.91 Å². The molecular formula is C3KN3O. The van der Waals surface area contributed by atoms with Crippen molar-refractivity contribution in [2.45, 2.75) is 0 Å². The van der Waals surface area contributed by atoms with Crippen LogP contribution >= 0.6 is 0 Å². The van der Waals surface area contributed by atoms with Gasteiger partial charge < -0.3 is 0 Å². The average Bonchev–Trinajstić information content (AvgIpc) is 1.72. The molecule has 8 heavy (non-hydrogen) atoms. The summed E-state index contributed by atoms with van der Waals surface area (Å²) in [5, 5.41) is 17.5. The molecule has 0 atom stereocenters. The SMILES string of the molecule is N#C[C-](C#N)N=O.[K+]. The molecule has 0 aromatic carbocycles. The summed E-state index contributed by atoms with van der Waals surface area (Å²) >= 11 is 0. The summed E-state index contributed by atoms with van der Waals surface area (Å²) in [6.45, 7) is 0. The monoisotopic (exact) mass is 133 g/mol. The first-order valence-corrected chi connectivity index (χ1v) is 1.35. The molecule has 0 rings (SSSR count). The van der Waals surface area contributed by atoms with Crippen LogP contribution < -0.4 is 51.4 Å². The normalized spacial score (nSPS) is 4.75. The molecule has 34 valence electrons. The van der Waals surface area contributed by atoms with E-state index in [-0.39, 0.29) is 51.4 Å². The molecule has 0 radical (unpaired) electrons. The van der Waals surface area contributed by atoms with Gasteiger partial charge in [0.25, 0.3) is 0 Å². The summed E-state index contributed by atoms with van der Waals surface area (Å²) in [5.74, 6) is 0. The van der Waals surface area contributed by atoms with Gasteiger partial charge in [-0.15, -0.1) is 0 Å². The van der Waals surface area contributed by atoms with E-state index >= 15 is 0 Å². The van der Waals surface area contributed by atoms with Gasteiger partial charge in [0.05, 0.1) is 0 Å². The summed E-state index contributed by atoms with van der Waals surface area (Å²) in [6.07, 6.45) is 0. The maximum Gasteiger partial charge on any atom is 1.00 e. The number of nitrogens with zero attached hydrogens (tertiary/aromatic N) is 3. The maximum atomic E-state index is 9.24. The Labute approximate surface area is 88.9 Å². The zero-order valence-electron chi connectivity index (χ0n) is 4.25. The molecule has 0 aromatic heterocycles. The Bertz CT molecular complexity index is 130. The fourth-order valence-corrected chi connectivity index (χ4v) is 0.0658. The van der Waals surface area contributed by atoms with E-state index in [1.807, 2.05) is 0 Å². The standard InChI is InChI=1S/C3N3O.K/c4-1-3(2-5)6-7;/q-1;+1. The third-order valence-electron chi connectivity index (χ3n) is 0.303. The second-order valence-corrected chi connectivity index (χ2v) is 0.664. The molecule has 0 unspecified atom stereocenters. The van der Waals surface area contributed by atoms with Gasteiger partial charge in [-0.1, -0.05) is 12.1 Å². The Morgan fingerprint density at radius 1 is 1.38 bits per heavy atom. The summed E-state index contributed by atoms with van der Waals surface area (Å²) in [7, 11) is 0. The van der Waals surface area contributed by atoms with E-state index in [1.165, 1.54) is 12.1 Å². The molecule has 0 saturated carbocycles. The van der Waals surface area contributed by atoms with Crippen molar-refractivity contribution in [3.63, 3.8) is 0 Å². The molecule has 0 heterocycles. The van der Waals surface area contributed by atoms with Gasteiger partial charge in [-0.05, 0) is 6.04 Å². The van der Waals surface area contributed by atoms with Crippen LogP contribution in [0.3, 0.4) is 0 Å². The van der Waals surface area contributed by atoms with E-state index in [4.69, 9.17) is 10.5 Å². The average molecular weight is 133 g/mol. The fraction of sp³-hybridized carbons (Fsp3) is 0. The van der Waals surface area contributed by atoms with E-state index in [0.717, 1.165) is 0 Å². The van der Waals surface area contributed by atoms with E-state index in [2.05, 4.69) is 5.18 Å². The van der Waals surface area contributed by atoms with Crippen molar-refractivity contribution in [1.82, 2.24) is 0 Å². The van der Waals surface area contributed by atoms with Crippen LogP contribution in [-0.4, -0.2) is 0 Å². The van der Waals surface area contributed by atoms with E-state index < -0.39 is 6.04 Å². The van der Waals surface area contributed by atoms with Gasteiger partial charge in [-0.25, -0.2) is 10.5 Å². The minimum Gasteiger partial charge on any atom is -0.231 e. The molecular weight excluding hydrogens is 133 g/mol. The van der Waals surface area contributed by atoms with E-state index in [0.29, 0.717) is 0 Å². The summed E-state index contributed by atoms with van der Waals surface area (Å²) in [4.78, 5) is 9.24. The number of hydrogen-bond donors (Lipinski definition) is 0. The second-order valence-electron chi connectivity index (χ2n) is 0.664. The van der Waals surface area contributed by atoms with Crippen LogP contribution in [0, 0.1) is 33.6 Å². The van der Waals surface area contributed by atoms with Crippen LogP contribution in [0.15, 0.2) is 5.18 Å². The van der Waals surface area contributed by atoms with Crippen LogP contribution in [0.1, 0.15) is 0 Å². The minimum absolute atomic E-state index is 0. The zero-order valence-corrected chi connectivity index (χ0v) is 7.37. The maximum absolute atomic E-state index is 9.24. The Morgan fingerprint density at radius 2 is 1.75 bits per heavy atom. The van der Waals surface area contributed by atoms with Crippen LogP contribution in [0.25, 0.3) is 0 Å². The molecule has 0 spiro atoms. The van der Waals surface area contributed by atoms with E-state index in [1.54, 1.807) is 0 Å². The van der Waals surface area contributed by atoms with Crippen molar-refractivity contribution in [3.05, 3.63) is 10.9 Å². The molecule has 0 saturated heterocycles. The first-order chi connectivity index (χ1) is 3.35. The largest absolute Gasteiger partial charge is 1.00 e. The first-order valence-electron chi connectivity index (χ1n) is 1.35. The van der Waals surface area contributed by atoms with Crippen molar-refractivity contribution in [2.75, 3.05) is 0 Å². The van der Waals surface area contributed by atoms with Crippen molar-refractivity contribution in [1.29, 1.82) is 10.5 Å². The molecule has 0 fully saturated rings. The van der Waals surface area contributed by atoms with Crippen LogP contribution in [0.2, 0.25) is 0 Å². The van der Waals surface area contributed by atoms with Crippen LogP contribution in [-0.2, 0) is 0 Å². The minimum atomic E-state index is -0.639. The van der Waals surface area contributed by atoms with Gasteiger partial charge in [-0.2, -0.15) is 10.1 Å². The van der Waals surface area contributed by atoms with Crippen molar-refractivity contribution in [2.24, 2.45) is 5.18 Å². The van der Waals surface area contributed by atoms with Gasteiger partial charge in [0.1, 0.15) is 0 Å². The number of hydrogen-bond acceptors (Lipinski definition) is 4. The Balaban J connectivity index is 0. The third kappa shape index (κ3) is 4.25.